The van der Waals surface area contributed by atoms with Crippen LogP contribution in [0, 0.1) is 0 Å². The second-order valence-corrected chi connectivity index (χ2v) is 4.75. The summed E-state index contributed by atoms with van der Waals surface area (Å²) in [7, 11) is 1.67. The van der Waals surface area contributed by atoms with Gasteiger partial charge >= 0.3 is 0 Å². The highest BCUT2D eigenvalue weighted by atomic mass is 16.5. The Morgan fingerprint density at radius 2 is 1.95 bits per heavy atom. The van der Waals surface area contributed by atoms with Crippen LogP contribution >= 0.6 is 0 Å². The summed E-state index contributed by atoms with van der Waals surface area (Å²) in [6.45, 7) is 1.92. The van der Waals surface area contributed by atoms with Crippen molar-refractivity contribution in [2.24, 2.45) is 0 Å². The number of carbonyl (C=O) groups excluding carboxylic acids is 1. The zero-order chi connectivity index (χ0) is 15.6. The maximum Gasteiger partial charge on any atom is 0.272 e. The molecule has 1 aromatic carbocycles. The molecular weight excluding hydrogens is 280 g/mol. The number of nitrogens with zero attached hydrogens (tertiary/aromatic N) is 2. The molecule has 2 N–H and O–H groups in total. The maximum absolute atomic E-state index is 12.0. The van der Waals surface area contributed by atoms with Gasteiger partial charge < -0.3 is 15.4 Å². The Labute approximate surface area is 129 Å². The number of carbonyl (C=O) groups is 1. The van der Waals surface area contributed by atoms with E-state index in [1.807, 2.05) is 30.3 Å². The van der Waals surface area contributed by atoms with Crippen molar-refractivity contribution in [3.05, 3.63) is 53.7 Å². The van der Waals surface area contributed by atoms with Crippen LogP contribution in [0.1, 0.15) is 22.5 Å². The molecule has 1 aromatic heterocycles. The molecule has 6 heteroatoms. The van der Waals surface area contributed by atoms with Crippen LogP contribution in [0.4, 0.5) is 5.82 Å². The molecule has 6 nitrogen and oxygen atoms in total. The quantitative estimate of drug-likeness (QED) is 0.728. The van der Waals surface area contributed by atoms with E-state index < -0.39 is 0 Å². The van der Waals surface area contributed by atoms with Gasteiger partial charge in [0, 0.05) is 26.8 Å². The van der Waals surface area contributed by atoms with Gasteiger partial charge in [0.25, 0.3) is 5.91 Å². The van der Waals surface area contributed by atoms with E-state index in [0.29, 0.717) is 24.7 Å². The summed E-state index contributed by atoms with van der Waals surface area (Å²) in [4.78, 5) is 12.0. The normalized spacial score (nSPS) is 10.2. The molecule has 0 spiro atoms. The SMILES string of the molecule is COCCCNc1ccc(C(=O)NCc2ccccc2)nn1. The Hall–Kier alpha value is -2.47. The van der Waals surface area contributed by atoms with Crippen molar-refractivity contribution >= 4 is 11.7 Å². The number of rotatable bonds is 8. The van der Waals surface area contributed by atoms with E-state index in [2.05, 4.69) is 20.8 Å². The molecule has 0 radical (unpaired) electrons. The molecule has 116 valence electrons. The number of anilines is 1. The van der Waals surface area contributed by atoms with E-state index in [4.69, 9.17) is 4.74 Å². The molecule has 2 aromatic rings. The van der Waals surface area contributed by atoms with E-state index in [1.165, 1.54) is 0 Å². The molecule has 0 atom stereocenters. The molecule has 1 heterocycles. The van der Waals surface area contributed by atoms with Crippen molar-refractivity contribution in [3.8, 4) is 0 Å². The van der Waals surface area contributed by atoms with Crippen molar-refractivity contribution in [1.82, 2.24) is 15.5 Å². The fourth-order valence-corrected chi connectivity index (χ4v) is 1.85. The van der Waals surface area contributed by atoms with Crippen molar-refractivity contribution in [2.45, 2.75) is 13.0 Å². The van der Waals surface area contributed by atoms with Crippen molar-refractivity contribution < 1.29 is 9.53 Å². The van der Waals surface area contributed by atoms with Gasteiger partial charge in [0.2, 0.25) is 0 Å². The van der Waals surface area contributed by atoms with Crippen LogP contribution in [0.15, 0.2) is 42.5 Å². The topological polar surface area (TPSA) is 76.1 Å². The van der Waals surface area contributed by atoms with Gasteiger partial charge in [0.05, 0.1) is 0 Å². The van der Waals surface area contributed by atoms with Gasteiger partial charge in [0.15, 0.2) is 5.69 Å². The molecule has 0 aliphatic rings. The van der Waals surface area contributed by atoms with Gasteiger partial charge in [-0.1, -0.05) is 30.3 Å². The van der Waals surface area contributed by atoms with Crippen LogP contribution in [0.5, 0.6) is 0 Å². The Balaban J connectivity index is 1.80. The lowest BCUT2D eigenvalue weighted by molar-refractivity contribution is 0.0945. The van der Waals surface area contributed by atoms with Crippen LogP contribution in [0.25, 0.3) is 0 Å². The minimum absolute atomic E-state index is 0.234. The highest BCUT2D eigenvalue weighted by molar-refractivity contribution is 5.92. The first-order valence-electron chi connectivity index (χ1n) is 7.18. The summed E-state index contributed by atoms with van der Waals surface area (Å²) < 4.78 is 4.96. The number of ether oxygens (including phenoxy) is 1. The summed E-state index contributed by atoms with van der Waals surface area (Å²) >= 11 is 0. The van der Waals surface area contributed by atoms with E-state index in [9.17, 15) is 4.79 Å². The van der Waals surface area contributed by atoms with Gasteiger partial charge in [0.1, 0.15) is 5.82 Å². The van der Waals surface area contributed by atoms with Gasteiger partial charge in [-0.05, 0) is 24.1 Å². The number of hydrogen-bond acceptors (Lipinski definition) is 5. The minimum atomic E-state index is -0.234. The number of benzene rings is 1. The third-order valence-corrected chi connectivity index (χ3v) is 3.02. The fraction of sp³-hybridized carbons (Fsp3) is 0.312. The minimum Gasteiger partial charge on any atom is -0.385 e. The molecule has 1 amide bonds. The highest BCUT2D eigenvalue weighted by Gasteiger charge is 2.07. The molecule has 0 fully saturated rings. The monoisotopic (exact) mass is 300 g/mol. The maximum atomic E-state index is 12.0. The predicted molar refractivity (Wildman–Crippen MR) is 84.6 cm³/mol. The molecule has 0 bridgehead atoms. The molecular formula is C16H20N4O2. The lowest BCUT2D eigenvalue weighted by atomic mass is 10.2. The standard InChI is InChI=1S/C16H20N4O2/c1-22-11-5-10-17-15-9-8-14(19-20-15)16(21)18-12-13-6-3-2-4-7-13/h2-4,6-9H,5,10-12H2,1H3,(H,17,20)(H,18,21). The van der Waals surface area contributed by atoms with E-state index in [1.54, 1.807) is 19.2 Å². The van der Waals surface area contributed by atoms with Crippen LogP contribution in [-0.2, 0) is 11.3 Å². The lowest BCUT2D eigenvalue weighted by Crippen LogP contribution is -2.24. The number of aromatic nitrogens is 2. The van der Waals surface area contributed by atoms with Crippen LogP contribution in [0.3, 0.4) is 0 Å². The van der Waals surface area contributed by atoms with Crippen molar-refractivity contribution in [3.63, 3.8) is 0 Å². The first-order valence-corrected chi connectivity index (χ1v) is 7.18. The zero-order valence-electron chi connectivity index (χ0n) is 12.6. The predicted octanol–water partition coefficient (Wildman–Crippen LogP) is 1.85. The van der Waals surface area contributed by atoms with Gasteiger partial charge in [-0.25, -0.2) is 0 Å². The third-order valence-electron chi connectivity index (χ3n) is 3.02. The second kappa shape index (κ2) is 8.74. The van der Waals surface area contributed by atoms with Crippen LogP contribution in [-0.4, -0.2) is 36.4 Å². The number of amides is 1. The highest BCUT2D eigenvalue weighted by Crippen LogP contribution is 2.03. The van der Waals surface area contributed by atoms with E-state index in [-0.39, 0.29) is 5.91 Å². The number of nitrogens with one attached hydrogen (secondary N) is 2. The van der Waals surface area contributed by atoms with Gasteiger partial charge in [-0.3, -0.25) is 4.79 Å². The first kappa shape index (κ1) is 15.9. The molecule has 0 aliphatic heterocycles. The van der Waals surface area contributed by atoms with Crippen molar-refractivity contribution in [1.29, 1.82) is 0 Å². The molecule has 0 aliphatic carbocycles. The van der Waals surface area contributed by atoms with Gasteiger partial charge in [-0.2, -0.15) is 0 Å². The van der Waals surface area contributed by atoms with Crippen LogP contribution < -0.4 is 10.6 Å². The molecule has 22 heavy (non-hydrogen) atoms. The second-order valence-electron chi connectivity index (χ2n) is 4.75. The molecule has 2 rings (SSSR count). The Morgan fingerprint density at radius 3 is 2.64 bits per heavy atom. The Bertz CT molecular complexity index is 572. The smallest absolute Gasteiger partial charge is 0.272 e. The summed E-state index contributed by atoms with van der Waals surface area (Å²) in [5, 5.41) is 13.9. The summed E-state index contributed by atoms with van der Waals surface area (Å²) in [5.41, 5.74) is 1.35. The fourth-order valence-electron chi connectivity index (χ4n) is 1.85. The largest absolute Gasteiger partial charge is 0.385 e. The van der Waals surface area contributed by atoms with Gasteiger partial charge in [-0.15, -0.1) is 10.2 Å². The Morgan fingerprint density at radius 1 is 1.14 bits per heavy atom. The average molecular weight is 300 g/mol. The summed E-state index contributed by atoms with van der Waals surface area (Å²) in [6, 6.07) is 13.1. The molecule has 0 unspecified atom stereocenters. The van der Waals surface area contributed by atoms with E-state index >= 15 is 0 Å². The lowest BCUT2D eigenvalue weighted by Gasteiger charge is -2.06. The van der Waals surface area contributed by atoms with Crippen molar-refractivity contribution in [2.75, 3.05) is 25.6 Å². The molecule has 0 saturated heterocycles. The Kier molecular flexibility index (Phi) is 6.32. The van der Waals surface area contributed by atoms with Crippen LogP contribution in [0.2, 0.25) is 0 Å². The summed E-state index contributed by atoms with van der Waals surface area (Å²) in [5.74, 6) is 0.415. The molecule has 0 saturated carbocycles. The first-order chi connectivity index (χ1) is 10.8. The van der Waals surface area contributed by atoms with E-state index in [0.717, 1.165) is 18.5 Å². The average Bonchev–Trinajstić information content (AvgIpc) is 2.58. The number of hydrogen-bond donors (Lipinski definition) is 2. The zero-order valence-corrected chi connectivity index (χ0v) is 12.6. The third kappa shape index (κ3) is 5.14. The summed E-state index contributed by atoms with van der Waals surface area (Å²) in [6.07, 6.45) is 0.886. The number of methoxy groups -OCH3 is 1.